The Morgan fingerprint density at radius 1 is 0.271 bits per heavy atom. The van der Waals surface area contributed by atoms with Crippen molar-refractivity contribution in [3.63, 3.8) is 0 Å². The Morgan fingerprint density at radius 3 is 1.12 bits per heavy atom. The lowest BCUT2D eigenvalue weighted by Crippen LogP contribution is -1.95. The number of para-hydroxylation sites is 2. The lowest BCUT2D eigenvalue weighted by Gasteiger charge is -2.14. The lowest BCUT2D eigenvalue weighted by molar-refractivity contribution is 1.32. The van der Waals surface area contributed by atoms with E-state index in [1.54, 1.807) is 0 Å². The summed E-state index contributed by atoms with van der Waals surface area (Å²) < 4.78 is 0. The van der Waals surface area contributed by atoms with Gasteiger partial charge in [-0.15, -0.1) is 0 Å². The Morgan fingerprint density at radius 2 is 0.667 bits per heavy atom. The molecule has 10 rings (SSSR count). The molecule has 48 heavy (non-hydrogen) atoms. The SMILES string of the molecule is c1ccc(-c2c3ccccc3nc3c2ccc2ccc(-c4ccc5ccc6c(-c7ccccc7)c7ccccc7nc6c5n4)nc23)cc1. The first-order valence-corrected chi connectivity index (χ1v) is 16.2. The number of fused-ring (bicyclic) bond motifs is 8. The van der Waals surface area contributed by atoms with Crippen LogP contribution in [0.25, 0.3) is 99.1 Å². The van der Waals surface area contributed by atoms with Crippen molar-refractivity contribution in [1.82, 2.24) is 19.9 Å². The van der Waals surface area contributed by atoms with Crippen LogP contribution in [0, 0.1) is 0 Å². The van der Waals surface area contributed by atoms with Crippen LogP contribution in [-0.4, -0.2) is 19.9 Å². The summed E-state index contributed by atoms with van der Waals surface area (Å²) in [4.78, 5) is 20.9. The van der Waals surface area contributed by atoms with Crippen LogP contribution in [0.4, 0.5) is 0 Å². The second-order valence-electron chi connectivity index (χ2n) is 12.2. The highest BCUT2D eigenvalue weighted by Crippen LogP contribution is 2.39. The molecule has 0 aliphatic rings. The fourth-order valence-corrected chi connectivity index (χ4v) is 7.19. The summed E-state index contributed by atoms with van der Waals surface area (Å²) in [5.41, 5.74) is 11.7. The van der Waals surface area contributed by atoms with Crippen molar-refractivity contribution >= 4 is 65.4 Å². The van der Waals surface area contributed by atoms with Gasteiger partial charge in [-0.2, -0.15) is 0 Å². The van der Waals surface area contributed by atoms with E-state index in [1.807, 2.05) is 12.1 Å². The predicted molar refractivity (Wildman–Crippen MR) is 199 cm³/mol. The Kier molecular flexibility index (Phi) is 5.84. The van der Waals surface area contributed by atoms with Crippen LogP contribution in [-0.2, 0) is 0 Å². The van der Waals surface area contributed by atoms with Crippen molar-refractivity contribution in [2.75, 3.05) is 0 Å². The quantitative estimate of drug-likeness (QED) is 0.147. The van der Waals surface area contributed by atoms with E-state index < -0.39 is 0 Å². The van der Waals surface area contributed by atoms with Gasteiger partial charge in [0.05, 0.1) is 44.5 Å². The highest BCUT2D eigenvalue weighted by molar-refractivity contribution is 6.17. The minimum absolute atomic E-state index is 0.800. The van der Waals surface area contributed by atoms with Gasteiger partial charge >= 0.3 is 0 Å². The third-order valence-corrected chi connectivity index (χ3v) is 9.41. The molecule has 4 nitrogen and oxygen atoms in total. The molecule has 0 unspecified atom stereocenters. The topological polar surface area (TPSA) is 51.6 Å². The molecule has 4 heterocycles. The van der Waals surface area contributed by atoms with E-state index in [9.17, 15) is 0 Å². The van der Waals surface area contributed by atoms with Crippen LogP contribution in [0.5, 0.6) is 0 Å². The monoisotopic (exact) mass is 610 g/mol. The van der Waals surface area contributed by atoms with Gasteiger partial charge in [-0.25, -0.2) is 19.9 Å². The summed E-state index contributed by atoms with van der Waals surface area (Å²) in [5, 5.41) is 6.51. The minimum Gasteiger partial charge on any atom is -0.245 e. The molecular weight excluding hydrogens is 585 g/mol. The maximum Gasteiger partial charge on any atom is 0.0978 e. The Hall–Kier alpha value is -6.52. The average Bonchev–Trinajstić information content (AvgIpc) is 3.16. The zero-order chi connectivity index (χ0) is 31.6. The lowest BCUT2D eigenvalue weighted by atomic mass is 9.95. The number of hydrogen-bond acceptors (Lipinski definition) is 4. The molecular formula is C44H26N4. The fourth-order valence-electron chi connectivity index (χ4n) is 7.19. The molecule has 0 aliphatic carbocycles. The number of nitrogens with zero attached hydrogens (tertiary/aromatic N) is 4. The van der Waals surface area contributed by atoms with Gasteiger partial charge < -0.3 is 0 Å². The predicted octanol–water partition coefficient (Wildman–Crippen LogP) is 11.2. The molecule has 0 bridgehead atoms. The number of aromatic nitrogens is 4. The summed E-state index contributed by atoms with van der Waals surface area (Å²) in [5.74, 6) is 0. The standard InChI is InChI=1S/C44H26N4/c1-3-11-27(12-4-1)39-31-15-7-9-17-35(31)45-43-33(39)23-19-29-21-25-37(47-41(29)43)38-26-22-30-20-24-34-40(28-13-5-2-6-14-28)32-16-8-10-18-36(32)46-44(34)42(30)48-38/h1-26H. The van der Waals surface area contributed by atoms with Crippen molar-refractivity contribution < 1.29 is 0 Å². The maximum atomic E-state index is 5.27. The van der Waals surface area contributed by atoms with Crippen LogP contribution < -0.4 is 0 Å². The minimum atomic E-state index is 0.800. The summed E-state index contributed by atoms with van der Waals surface area (Å²) in [6.07, 6.45) is 0. The molecule has 0 atom stereocenters. The molecule has 10 aromatic rings. The number of rotatable bonds is 3. The highest BCUT2D eigenvalue weighted by Gasteiger charge is 2.17. The Labute approximate surface area is 276 Å². The van der Waals surface area contributed by atoms with E-state index >= 15 is 0 Å². The van der Waals surface area contributed by atoms with Gasteiger partial charge in [0.25, 0.3) is 0 Å². The molecule has 0 amide bonds. The summed E-state index contributed by atoms with van der Waals surface area (Å²) in [6.45, 7) is 0. The second kappa shape index (κ2) is 10.5. The van der Waals surface area contributed by atoms with Crippen molar-refractivity contribution in [3.05, 3.63) is 158 Å². The van der Waals surface area contributed by atoms with E-state index in [1.165, 1.54) is 11.1 Å². The van der Waals surface area contributed by atoms with E-state index in [4.69, 9.17) is 19.9 Å². The van der Waals surface area contributed by atoms with Gasteiger partial charge in [-0.05, 0) is 35.4 Å². The fraction of sp³-hybridized carbons (Fsp3) is 0. The van der Waals surface area contributed by atoms with Gasteiger partial charge in [0.1, 0.15) is 0 Å². The van der Waals surface area contributed by atoms with Crippen molar-refractivity contribution in [3.8, 4) is 33.6 Å². The van der Waals surface area contributed by atoms with E-state index in [0.717, 1.165) is 87.9 Å². The van der Waals surface area contributed by atoms with Crippen LogP contribution in [0.1, 0.15) is 0 Å². The summed E-state index contributed by atoms with van der Waals surface area (Å²) >= 11 is 0. The third-order valence-electron chi connectivity index (χ3n) is 9.41. The van der Waals surface area contributed by atoms with E-state index in [0.29, 0.717) is 0 Å². The molecule has 4 heteroatoms. The van der Waals surface area contributed by atoms with Crippen LogP contribution in [0.3, 0.4) is 0 Å². The van der Waals surface area contributed by atoms with E-state index in [2.05, 4.69) is 146 Å². The first-order valence-electron chi connectivity index (χ1n) is 16.2. The second-order valence-corrected chi connectivity index (χ2v) is 12.2. The molecule has 0 fully saturated rings. The molecule has 0 radical (unpaired) electrons. The first kappa shape index (κ1) is 26.7. The van der Waals surface area contributed by atoms with E-state index in [-0.39, 0.29) is 0 Å². The van der Waals surface area contributed by atoms with Gasteiger partial charge in [-0.1, -0.05) is 133 Å². The van der Waals surface area contributed by atoms with Gasteiger partial charge in [0.2, 0.25) is 0 Å². The van der Waals surface area contributed by atoms with Gasteiger partial charge in [-0.3, -0.25) is 0 Å². The third kappa shape index (κ3) is 4.10. The summed E-state index contributed by atoms with van der Waals surface area (Å²) in [7, 11) is 0. The molecule has 0 saturated carbocycles. The summed E-state index contributed by atoms with van der Waals surface area (Å²) in [6, 6.07) is 54.9. The Balaban J connectivity index is 1.23. The maximum absolute atomic E-state index is 5.27. The largest absolute Gasteiger partial charge is 0.245 e. The number of hydrogen-bond donors (Lipinski definition) is 0. The zero-order valence-electron chi connectivity index (χ0n) is 25.8. The molecule has 0 saturated heterocycles. The van der Waals surface area contributed by atoms with Gasteiger partial charge in [0, 0.05) is 43.4 Å². The van der Waals surface area contributed by atoms with Gasteiger partial charge in [0.15, 0.2) is 0 Å². The van der Waals surface area contributed by atoms with Crippen LogP contribution in [0.2, 0.25) is 0 Å². The zero-order valence-corrected chi connectivity index (χ0v) is 25.8. The first-order chi connectivity index (χ1) is 23.8. The normalized spacial score (nSPS) is 11.8. The number of benzene rings is 6. The molecule has 4 aromatic heterocycles. The average molecular weight is 611 g/mol. The molecule has 0 aliphatic heterocycles. The molecule has 0 N–H and O–H groups in total. The van der Waals surface area contributed by atoms with Crippen molar-refractivity contribution in [2.45, 2.75) is 0 Å². The van der Waals surface area contributed by atoms with Crippen molar-refractivity contribution in [2.24, 2.45) is 0 Å². The molecule has 0 spiro atoms. The number of pyridine rings is 4. The molecule has 222 valence electrons. The van der Waals surface area contributed by atoms with Crippen LogP contribution in [0.15, 0.2) is 158 Å². The smallest absolute Gasteiger partial charge is 0.0978 e. The van der Waals surface area contributed by atoms with Crippen molar-refractivity contribution in [1.29, 1.82) is 0 Å². The highest BCUT2D eigenvalue weighted by atomic mass is 14.8. The Bertz CT molecular complexity index is 2680. The van der Waals surface area contributed by atoms with Crippen LogP contribution >= 0.6 is 0 Å². The molecule has 6 aromatic carbocycles.